The molecule has 0 amide bonds. The summed E-state index contributed by atoms with van der Waals surface area (Å²) in [6.45, 7) is 66.1. The van der Waals surface area contributed by atoms with Gasteiger partial charge in [0.25, 0.3) is 0 Å². The van der Waals surface area contributed by atoms with Crippen LogP contribution in [0.5, 0.6) is 0 Å². The molecule has 0 aliphatic rings. The van der Waals surface area contributed by atoms with E-state index in [-0.39, 0.29) is 27.1 Å². The summed E-state index contributed by atoms with van der Waals surface area (Å²) in [4.78, 5) is 17.3. The van der Waals surface area contributed by atoms with Crippen molar-refractivity contribution in [3.8, 4) is 0 Å². The summed E-state index contributed by atoms with van der Waals surface area (Å²) < 4.78 is 13.3. The number of thiophene rings is 9. The molecule has 0 aliphatic heterocycles. The normalized spacial score (nSPS) is 12.7. The molecule has 99 heavy (non-hydrogen) atoms. The van der Waals surface area contributed by atoms with Crippen LogP contribution >= 0.6 is 102 Å². The molecule has 0 saturated heterocycles. The molecule has 0 atom stereocenters. The van der Waals surface area contributed by atoms with E-state index < -0.39 is 0 Å². The number of pyridine rings is 1. The molecule has 16 aromatic rings. The van der Waals surface area contributed by atoms with Crippen LogP contribution < -0.4 is 0 Å². The third-order valence-corrected chi connectivity index (χ3v) is 29.5. The predicted octanol–water partition coefficient (Wildman–Crippen LogP) is 31.9. The van der Waals surface area contributed by atoms with Gasteiger partial charge in [0, 0.05) is 110 Å². The van der Waals surface area contributed by atoms with E-state index in [0.29, 0.717) is 0 Å². The van der Waals surface area contributed by atoms with Crippen LogP contribution in [-0.4, -0.2) is 4.98 Å². The van der Waals surface area contributed by atoms with Gasteiger partial charge in [-0.3, -0.25) is 0 Å². The zero-order valence-electron chi connectivity index (χ0n) is 64.2. The molecule has 6 aromatic carbocycles. The Labute approximate surface area is 626 Å². The van der Waals surface area contributed by atoms with Gasteiger partial charge in [0.1, 0.15) is 4.83 Å². The highest BCUT2D eigenvalue weighted by atomic mass is 32.1. The minimum atomic E-state index is 0.102. The summed E-state index contributed by atoms with van der Waals surface area (Å²) in [7, 11) is 0. The van der Waals surface area contributed by atoms with Crippen molar-refractivity contribution in [3.63, 3.8) is 0 Å². The molecule has 0 spiro atoms. The van der Waals surface area contributed by atoms with Gasteiger partial charge >= 0.3 is 0 Å². The second-order valence-electron chi connectivity index (χ2n) is 33.2. The molecule has 0 bridgehead atoms. The maximum absolute atomic E-state index is 4.79. The minimum absolute atomic E-state index is 0.102. The number of rotatable bonds is 0. The molecular weight excluding hydrogens is 1370 g/mol. The summed E-state index contributed by atoms with van der Waals surface area (Å²) in [5, 5.41) is 17.1. The van der Waals surface area contributed by atoms with Crippen LogP contribution in [0, 0.1) is 96.9 Å². The fourth-order valence-corrected chi connectivity index (χ4v) is 26.7. The largest absolute Gasteiger partial charge is 0.242 e. The number of fused-ring (bicyclic) bond motifs is 17. The van der Waals surface area contributed by atoms with Crippen LogP contribution in [0.4, 0.5) is 0 Å². The Kier molecular flexibility index (Phi) is 19.6. The predicted molar refractivity (Wildman–Crippen MR) is 463 cm³/mol. The van der Waals surface area contributed by atoms with Crippen molar-refractivity contribution in [2.75, 3.05) is 0 Å². The second-order valence-corrected chi connectivity index (χ2v) is 44.3. The highest BCUT2D eigenvalue weighted by Crippen LogP contribution is 2.51. The quantitative estimate of drug-likeness (QED) is 0.147. The van der Waals surface area contributed by atoms with Crippen molar-refractivity contribution >= 4 is 214 Å². The van der Waals surface area contributed by atoms with E-state index in [1.807, 2.05) is 102 Å². The molecule has 0 aliphatic carbocycles. The molecule has 0 unspecified atom stereocenters. The van der Waals surface area contributed by atoms with Crippen LogP contribution in [0.25, 0.3) is 112 Å². The number of nitrogens with zero attached hydrogens (tertiary/aromatic N) is 1. The van der Waals surface area contributed by atoms with Crippen LogP contribution in [-0.2, 0) is 27.1 Å². The molecule has 10 heteroatoms. The Bertz CT molecular complexity index is 5310. The van der Waals surface area contributed by atoms with Crippen molar-refractivity contribution < 1.29 is 0 Å². The number of aryl methyl sites for hydroxylation is 14. The molecule has 0 fully saturated rings. The zero-order valence-corrected chi connectivity index (χ0v) is 71.6. The molecule has 0 saturated carbocycles. The SMILES string of the molecule is Cc1cc2c(C)c(C(C)(C)C)c3cc(C)sc3c2s1.Cc1cc2c(s1)c(C(C)(C)C)c(C)c1cc(C)sc12.Cc1cc2c(s1)c(C)c(C(C)(C)C)c1cc(C)sc12.Cc1cc2c(s1)c(C)c(C(C)(C)C)c1sc(C)cc12.Cc1ccc2c(n1)sc1c3ccccc3c(C)c(C(C)(C)C)c21. The molecule has 0 radical (unpaired) electrons. The molecular formula is C89H101NS9. The van der Waals surface area contributed by atoms with Crippen LogP contribution in [0.2, 0.25) is 0 Å². The van der Waals surface area contributed by atoms with Gasteiger partial charge in [-0.15, -0.1) is 102 Å². The molecule has 0 N–H and O–H groups in total. The third-order valence-electron chi connectivity index (χ3n) is 19.5. The Morgan fingerprint density at radius 1 is 0.222 bits per heavy atom. The topological polar surface area (TPSA) is 12.9 Å². The van der Waals surface area contributed by atoms with Crippen LogP contribution in [0.15, 0.2) is 84.9 Å². The van der Waals surface area contributed by atoms with Crippen molar-refractivity contribution in [1.82, 2.24) is 4.98 Å². The van der Waals surface area contributed by atoms with Crippen molar-refractivity contribution in [2.45, 2.75) is 228 Å². The number of aromatic nitrogens is 1. The average Bonchev–Trinajstić information content (AvgIpc) is 1.73. The van der Waals surface area contributed by atoms with Gasteiger partial charge in [-0.2, -0.15) is 0 Å². The van der Waals surface area contributed by atoms with E-state index in [2.05, 4.69) is 286 Å². The fourth-order valence-electron chi connectivity index (χ4n) is 16.2. The molecule has 10 aromatic heterocycles. The van der Waals surface area contributed by atoms with E-state index in [9.17, 15) is 0 Å². The smallest absolute Gasteiger partial charge is 0.124 e. The molecule has 1 nitrogen and oxygen atoms in total. The number of hydrogen-bond acceptors (Lipinski definition) is 10. The van der Waals surface area contributed by atoms with Gasteiger partial charge in [-0.05, 0) is 273 Å². The maximum atomic E-state index is 4.79. The minimum Gasteiger partial charge on any atom is -0.242 e. The fraction of sp³-hybridized carbons (Fsp3) is 0.382. The standard InChI is InChI=1S/C21H21NS.4C17H20S2/c1-12-10-11-16-17-18(21(3,4)5)13(2)14-8-6-7-9-15(14)19(17)23-20(16)22-12;1-9-7-12-14(17(4,5)6)11(3)15-13(16(12)19-9)8-10(2)18-15;1-9-7-12-13-8-10(2)19-16(13)14(17(4,5)6)11(3)15(12)18-9;1-9-7-12-11(3)14(17(4,5)6)16-13(15(12)18-9)8-10(2)19-16;1-9-7-12-11(3)14(17(4,5)6)13-8-10(2)19-16(13)15(12)18-9/h6-11H,1-5H3;4*7-8H,1-6H3. The average molecular weight is 1470 g/mol. The molecule has 516 valence electrons. The Hall–Kier alpha value is -5.37. The Morgan fingerprint density at radius 3 is 1.02 bits per heavy atom. The summed E-state index contributed by atoms with van der Waals surface area (Å²) in [5.74, 6) is 0. The Morgan fingerprint density at radius 2 is 0.525 bits per heavy atom. The van der Waals surface area contributed by atoms with Gasteiger partial charge < -0.3 is 0 Å². The lowest BCUT2D eigenvalue weighted by Crippen LogP contribution is -2.14. The second kappa shape index (κ2) is 26.4. The first-order chi connectivity index (χ1) is 46.0. The summed E-state index contributed by atoms with van der Waals surface area (Å²) in [6.07, 6.45) is 0. The van der Waals surface area contributed by atoms with Gasteiger partial charge in [0.05, 0.1) is 9.40 Å². The van der Waals surface area contributed by atoms with E-state index in [1.165, 1.54) is 202 Å². The third kappa shape index (κ3) is 13.6. The van der Waals surface area contributed by atoms with Crippen molar-refractivity contribution in [1.29, 1.82) is 0 Å². The molecule has 10 heterocycles. The van der Waals surface area contributed by atoms with Crippen molar-refractivity contribution in [2.24, 2.45) is 0 Å². The van der Waals surface area contributed by atoms with Gasteiger partial charge in [0.15, 0.2) is 0 Å². The Balaban J connectivity index is 0.000000118. The number of hydrogen-bond donors (Lipinski definition) is 0. The summed E-state index contributed by atoms with van der Waals surface area (Å²) in [6, 6.07) is 32.1. The first kappa shape index (κ1) is 73.4. The van der Waals surface area contributed by atoms with E-state index in [1.54, 1.807) is 0 Å². The monoisotopic (exact) mass is 1470 g/mol. The van der Waals surface area contributed by atoms with E-state index in [0.717, 1.165) is 10.5 Å². The van der Waals surface area contributed by atoms with Gasteiger partial charge in [-0.1, -0.05) is 128 Å². The number of benzene rings is 6. The summed E-state index contributed by atoms with van der Waals surface area (Å²) >= 11 is 17.4. The van der Waals surface area contributed by atoms with Crippen molar-refractivity contribution in [3.05, 3.63) is 185 Å². The first-order valence-electron chi connectivity index (χ1n) is 35.0. The van der Waals surface area contributed by atoms with Crippen LogP contribution in [0.3, 0.4) is 0 Å². The lowest BCUT2D eigenvalue weighted by Gasteiger charge is -2.25. The highest BCUT2D eigenvalue weighted by Gasteiger charge is 2.30. The zero-order chi connectivity index (χ0) is 72.1. The van der Waals surface area contributed by atoms with Gasteiger partial charge in [0.2, 0.25) is 0 Å². The first-order valence-corrected chi connectivity index (χ1v) is 42.3. The molecule has 16 rings (SSSR count). The maximum Gasteiger partial charge on any atom is 0.124 e. The lowest BCUT2D eigenvalue weighted by molar-refractivity contribution is 0.592. The van der Waals surface area contributed by atoms with E-state index in [4.69, 9.17) is 4.98 Å². The summed E-state index contributed by atoms with van der Waals surface area (Å²) in [5.41, 5.74) is 16.9. The highest BCUT2D eigenvalue weighted by molar-refractivity contribution is 7.28. The van der Waals surface area contributed by atoms with Gasteiger partial charge in [-0.25, -0.2) is 4.98 Å². The lowest BCUT2D eigenvalue weighted by atomic mass is 9.79. The van der Waals surface area contributed by atoms with Crippen LogP contribution in [0.1, 0.15) is 204 Å². The van der Waals surface area contributed by atoms with E-state index >= 15 is 0 Å².